The topological polar surface area (TPSA) is 64.3 Å². The van der Waals surface area contributed by atoms with Gasteiger partial charge in [-0.2, -0.15) is 4.37 Å². The number of hydrogen-bond donors (Lipinski definition) is 0. The molecule has 0 aliphatic heterocycles. The predicted octanol–water partition coefficient (Wildman–Crippen LogP) is 1.15. The molecule has 7 heteroatoms. The zero-order valence-corrected chi connectivity index (χ0v) is 11.9. The Kier molecular flexibility index (Phi) is 3.36. The minimum Gasteiger partial charge on any atom is -0.294 e. The van der Waals surface area contributed by atoms with Crippen LogP contribution in [0.25, 0.3) is 0 Å². The van der Waals surface area contributed by atoms with Crippen molar-refractivity contribution in [3.05, 3.63) is 34.6 Å². The maximum absolute atomic E-state index is 12.4. The van der Waals surface area contributed by atoms with Crippen molar-refractivity contribution in [3.8, 4) is 0 Å². The van der Waals surface area contributed by atoms with E-state index < -0.39 is 9.84 Å². The first-order valence-electron chi connectivity index (χ1n) is 5.24. The first-order chi connectivity index (χ1) is 8.46. The van der Waals surface area contributed by atoms with E-state index in [0.29, 0.717) is 4.80 Å². The summed E-state index contributed by atoms with van der Waals surface area (Å²) in [5, 5.41) is 0.0250. The lowest BCUT2D eigenvalue weighted by molar-refractivity contribution is 0.577. The number of rotatable bonds is 2. The van der Waals surface area contributed by atoms with Crippen LogP contribution in [0.4, 0.5) is 0 Å². The molecule has 0 amide bonds. The average molecular weight is 283 g/mol. The van der Waals surface area contributed by atoms with Gasteiger partial charge in [-0.25, -0.2) is 8.42 Å². The van der Waals surface area contributed by atoms with Crippen molar-refractivity contribution in [1.82, 2.24) is 8.94 Å². The standard InChI is InChI=1S/C11H13N3O2S2/c1-8-4-6-9(7-5-8)18(15,16)11-13-17-10(12-2)14(11)3/h4-7H,1-3H3. The fourth-order valence-corrected chi connectivity index (χ4v) is 3.81. The Balaban J connectivity index is 2.62. The predicted molar refractivity (Wildman–Crippen MR) is 69.2 cm³/mol. The number of aryl methyl sites for hydroxylation is 1. The molecule has 1 aromatic carbocycles. The highest BCUT2D eigenvalue weighted by molar-refractivity contribution is 7.91. The summed E-state index contributed by atoms with van der Waals surface area (Å²) in [4.78, 5) is 4.78. The second-order valence-corrected chi connectivity index (χ2v) is 6.42. The Labute approximate surface area is 110 Å². The van der Waals surface area contributed by atoms with Crippen LogP contribution in [0, 0.1) is 6.92 Å². The molecule has 0 aliphatic carbocycles. The van der Waals surface area contributed by atoms with Crippen LogP contribution in [0.2, 0.25) is 0 Å². The average Bonchev–Trinajstić information content (AvgIpc) is 2.71. The van der Waals surface area contributed by atoms with Crippen LogP contribution in [0.1, 0.15) is 5.56 Å². The van der Waals surface area contributed by atoms with Gasteiger partial charge >= 0.3 is 0 Å². The molecule has 0 spiro atoms. The van der Waals surface area contributed by atoms with Crippen LogP contribution in [-0.4, -0.2) is 24.4 Å². The first-order valence-corrected chi connectivity index (χ1v) is 7.50. The summed E-state index contributed by atoms with van der Waals surface area (Å²) in [6.07, 6.45) is 0. The van der Waals surface area contributed by atoms with Crippen LogP contribution in [0.5, 0.6) is 0 Å². The molecule has 2 rings (SSSR count). The molecule has 5 nitrogen and oxygen atoms in total. The normalized spacial score (nSPS) is 12.9. The fourth-order valence-electron chi connectivity index (χ4n) is 1.53. The van der Waals surface area contributed by atoms with Crippen LogP contribution in [-0.2, 0) is 16.9 Å². The zero-order chi connectivity index (χ0) is 13.3. The van der Waals surface area contributed by atoms with Crippen LogP contribution >= 0.6 is 11.5 Å². The molecule has 0 N–H and O–H groups in total. The monoisotopic (exact) mass is 283 g/mol. The SMILES string of the molecule is CN=c1snc(S(=O)(=O)c2ccc(C)cc2)n1C. The van der Waals surface area contributed by atoms with Crippen molar-refractivity contribution >= 4 is 21.4 Å². The molecule has 1 aromatic heterocycles. The van der Waals surface area contributed by atoms with Gasteiger partial charge in [-0.05, 0) is 19.1 Å². The summed E-state index contributed by atoms with van der Waals surface area (Å²) >= 11 is 1.07. The van der Waals surface area contributed by atoms with Crippen molar-refractivity contribution < 1.29 is 8.42 Å². The molecule has 18 heavy (non-hydrogen) atoms. The highest BCUT2D eigenvalue weighted by Crippen LogP contribution is 2.18. The Morgan fingerprint density at radius 3 is 2.39 bits per heavy atom. The molecule has 1 heterocycles. The largest absolute Gasteiger partial charge is 0.294 e. The molecule has 0 saturated carbocycles. The third kappa shape index (κ3) is 2.11. The number of sulfone groups is 1. The van der Waals surface area contributed by atoms with Gasteiger partial charge in [0.2, 0.25) is 19.8 Å². The summed E-state index contributed by atoms with van der Waals surface area (Å²) in [6.45, 7) is 1.91. The first kappa shape index (κ1) is 13.0. The highest BCUT2D eigenvalue weighted by Gasteiger charge is 2.23. The Morgan fingerprint density at radius 1 is 1.28 bits per heavy atom. The lowest BCUT2D eigenvalue weighted by Gasteiger charge is -2.03. The lowest BCUT2D eigenvalue weighted by Crippen LogP contribution is -2.16. The lowest BCUT2D eigenvalue weighted by atomic mass is 10.2. The van der Waals surface area contributed by atoms with Gasteiger partial charge in [0.05, 0.1) is 4.90 Å². The summed E-state index contributed by atoms with van der Waals surface area (Å²) in [5.41, 5.74) is 1.01. The Hall–Kier alpha value is -1.47. The third-order valence-electron chi connectivity index (χ3n) is 2.54. The van der Waals surface area contributed by atoms with Gasteiger partial charge in [-0.1, -0.05) is 17.7 Å². The van der Waals surface area contributed by atoms with E-state index in [-0.39, 0.29) is 10.1 Å². The maximum Gasteiger partial charge on any atom is 0.245 e. The van der Waals surface area contributed by atoms with Crippen molar-refractivity contribution in [2.75, 3.05) is 7.05 Å². The van der Waals surface area contributed by atoms with E-state index in [2.05, 4.69) is 9.37 Å². The van der Waals surface area contributed by atoms with Crippen molar-refractivity contribution in [2.24, 2.45) is 12.0 Å². The molecular formula is C11H13N3O2S2. The van der Waals surface area contributed by atoms with E-state index in [0.717, 1.165) is 17.1 Å². The molecule has 0 aliphatic rings. The molecule has 0 unspecified atom stereocenters. The van der Waals surface area contributed by atoms with E-state index in [9.17, 15) is 8.42 Å². The molecule has 0 atom stereocenters. The van der Waals surface area contributed by atoms with Crippen LogP contribution in [0.3, 0.4) is 0 Å². The van der Waals surface area contributed by atoms with Gasteiger partial charge < -0.3 is 0 Å². The molecular weight excluding hydrogens is 270 g/mol. The molecule has 0 bridgehead atoms. The highest BCUT2D eigenvalue weighted by atomic mass is 32.2. The molecule has 0 fully saturated rings. The minimum absolute atomic E-state index is 0.0250. The summed E-state index contributed by atoms with van der Waals surface area (Å²) in [6, 6.07) is 6.72. The summed E-state index contributed by atoms with van der Waals surface area (Å²) in [7, 11) is -0.321. The Bertz CT molecular complexity index is 724. The van der Waals surface area contributed by atoms with Crippen molar-refractivity contribution in [1.29, 1.82) is 0 Å². The van der Waals surface area contributed by atoms with Gasteiger partial charge in [0.1, 0.15) is 0 Å². The molecule has 0 radical (unpaired) electrons. The van der Waals surface area contributed by atoms with E-state index in [1.165, 1.54) is 4.57 Å². The number of hydrogen-bond acceptors (Lipinski definition) is 5. The van der Waals surface area contributed by atoms with Crippen LogP contribution < -0.4 is 4.80 Å². The number of benzene rings is 1. The van der Waals surface area contributed by atoms with Gasteiger partial charge in [0, 0.05) is 25.6 Å². The third-order valence-corrected chi connectivity index (χ3v) is 5.28. The van der Waals surface area contributed by atoms with Gasteiger partial charge in [-0.15, -0.1) is 0 Å². The minimum atomic E-state index is -3.57. The molecule has 96 valence electrons. The fraction of sp³-hybridized carbons (Fsp3) is 0.273. The van der Waals surface area contributed by atoms with Gasteiger partial charge in [0.25, 0.3) is 0 Å². The van der Waals surface area contributed by atoms with Gasteiger partial charge in [-0.3, -0.25) is 9.56 Å². The Morgan fingerprint density at radius 2 is 1.89 bits per heavy atom. The van der Waals surface area contributed by atoms with Gasteiger partial charge in [0.15, 0.2) is 0 Å². The maximum atomic E-state index is 12.4. The second kappa shape index (κ2) is 4.66. The van der Waals surface area contributed by atoms with E-state index in [1.807, 2.05) is 6.92 Å². The number of nitrogens with zero attached hydrogens (tertiary/aromatic N) is 3. The quantitative estimate of drug-likeness (QED) is 0.830. The van der Waals surface area contributed by atoms with E-state index >= 15 is 0 Å². The number of aromatic nitrogens is 2. The summed E-state index contributed by atoms with van der Waals surface area (Å²) < 4.78 is 30.2. The van der Waals surface area contributed by atoms with Crippen LogP contribution in [0.15, 0.2) is 39.3 Å². The smallest absolute Gasteiger partial charge is 0.245 e. The summed E-state index contributed by atoms with van der Waals surface area (Å²) in [5.74, 6) is 0. The molecule has 0 saturated heterocycles. The second-order valence-electron chi connectivity index (χ2n) is 3.85. The van der Waals surface area contributed by atoms with Crippen molar-refractivity contribution in [3.63, 3.8) is 0 Å². The van der Waals surface area contributed by atoms with E-state index in [4.69, 9.17) is 0 Å². The zero-order valence-electron chi connectivity index (χ0n) is 10.3. The van der Waals surface area contributed by atoms with Crippen molar-refractivity contribution in [2.45, 2.75) is 17.0 Å². The molecule has 2 aromatic rings. The van der Waals surface area contributed by atoms with E-state index in [1.54, 1.807) is 38.4 Å².